The second kappa shape index (κ2) is 11.0. The first-order valence-corrected chi connectivity index (χ1v) is 8.21. The number of ether oxygens (including phenoxy) is 2. The van der Waals surface area contributed by atoms with Crippen LogP contribution < -0.4 is 11.6 Å². The van der Waals surface area contributed by atoms with Crippen molar-refractivity contribution in [3.8, 4) is 0 Å². The van der Waals surface area contributed by atoms with Crippen molar-refractivity contribution in [3.05, 3.63) is 32.3 Å². The molecule has 0 saturated heterocycles. The van der Waals surface area contributed by atoms with E-state index in [4.69, 9.17) is 15.2 Å². The normalized spacial score (nSPS) is 12.9. The van der Waals surface area contributed by atoms with Gasteiger partial charge in [0.1, 0.15) is 18.8 Å². The molecule has 2 N–H and O–H groups in total. The molecule has 152 valence electrons. The lowest BCUT2D eigenvalue weighted by molar-refractivity contribution is -0.768. The van der Waals surface area contributed by atoms with Crippen molar-refractivity contribution in [1.82, 2.24) is 0 Å². The van der Waals surface area contributed by atoms with Crippen LogP contribution in [0, 0.1) is 17.0 Å². The van der Waals surface area contributed by atoms with Crippen LogP contribution in [0.25, 0.3) is 0 Å². The minimum absolute atomic E-state index is 0.00128. The van der Waals surface area contributed by atoms with Gasteiger partial charge in [0, 0.05) is 6.42 Å². The van der Waals surface area contributed by atoms with E-state index >= 15 is 0 Å². The second-order valence-electron chi connectivity index (χ2n) is 5.58. The number of rotatable bonds is 12. The summed E-state index contributed by atoms with van der Waals surface area (Å²) in [5, 5.41) is 9.41. The highest BCUT2D eigenvalue weighted by molar-refractivity contribution is 5.76. The molecule has 1 aromatic rings. The van der Waals surface area contributed by atoms with Gasteiger partial charge in [-0.15, -0.1) is 10.1 Å². The summed E-state index contributed by atoms with van der Waals surface area (Å²) in [4.78, 5) is 48.9. The highest BCUT2D eigenvalue weighted by Gasteiger charge is 2.20. The molecule has 2 atom stereocenters. The number of hydrogen-bond acceptors (Lipinski definition) is 11. The molecule has 0 fully saturated rings. The van der Waals surface area contributed by atoms with E-state index in [1.807, 2.05) is 0 Å². The van der Waals surface area contributed by atoms with E-state index in [1.165, 1.54) is 6.92 Å². The van der Waals surface area contributed by atoms with Crippen LogP contribution >= 0.6 is 0 Å². The molecule has 0 aliphatic heterocycles. The molecule has 0 aliphatic rings. The maximum absolute atomic E-state index is 11.7. The van der Waals surface area contributed by atoms with Gasteiger partial charge in [-0.25, -0.2) is 4.79 Å². The molecule has 1 rings (SSSR count). The molecule has 0 bridgehead atoms. The van der Waals surface area contributed by atoms with Crippen LogP contribution in [-0.4, -0.2) is 35.8 Å². The molecular formula is C15H22N2O10. The average Bonchev–Trinajstić information content (AvgIpc) is 2.93. The summed E-state index contributed by atoms with van der Waals surface area (Å²) in [7, 11) is 0. The maximum atomic E-state index is 11.7. The number of nitrogens with zero attached hydrogens (tertiary/aromatic N) is 1. The van der Waals surface area contributed by atoms with Gasteiger partial charge >= 0.3 is 17.8 Å². The molecule has 0 saturated carbocycles. The van der Waals surface area contributed by atoms with Crippen LogP contribution in [0.4, 0.5) is 0 Å². The second-order valence-corrected chi connectivity index (χ2v) is 5.58. The highest BCUT2D eigenvalue weighted by Crippen LogP contribution is 2.10. The molecule has 12 heteroatoms. The molecule has 12 nitrogen and oxygen atoms in total. The van der Waals surface area contributed by atoms with E-state index in [0.717, 1.165) is 0 Å². The minimum atomic E-state index is -1.21. The first-order chi connectivity index (χ1) is 12.7. The SMILES string of the molecule is CCC(CCCC(=O)OCC(N)C(=O)OCc1oc(=O)oc1C)O[N+](=O)[O-]. The van der Waals surface area contributed by atoms with Crippen LogP contribution in [0.5, 0.6) is 0 Å². The van der Waals surface area contributed by atoms with Crippen LogP contribution in [0.1, 0.15) is 44.1 Å². The summed E-state index contributed by atoms with van der Waals surface area (Å²) < 4.78 is 19.0. The summed E-state index contributed by atoms with van der Waals surface area (Å²) in [5.41, 5.74) is 5.56. The first-order valence-electron chi connectivity index (χ1n) is 8.21. The molecular weight excluding hydrogens is 368 g/mol. The third-order valence-corrected chi connectivity index (χ3v) is 3.51. The molecule has 0 radical (unpaired) electrons. The lowest BCUT2D eigenvalue weighted by Crippen LogP contribution is -2.37. The standard InChI is InChI=1S/C15H22N2O10/c1-3-10(27-17(21)22)5-4-6-13(18)23-7-11(16)14(19)24-8-12-9(2)25-15(20)26-12/h10-11H,3-8,16H2,1-2H3. The molecule has 1 heterocycles. The minimum Gasteiger partial charge on any atom is -0.463 e. The van der Waals surface area contributed by atoms with Gasteiger partial charge in [-0.2, -0.15) is 0 Å². The van der Waals surface area contributed by atoms with E-state index in [-0.39, 0.29) is 24.5 Å². The molecule has 0 aromatic carbocycles. The van der Waals surface area contributed by atoms with E-state index in [9.17, 15) is 24.5 Å². The van der Waals surface area contributed by atoms with Crippen molar-refractivity contribution in [2.45, 2.75) is 58.3 Å². The highest BCUT2D eigenvalue weighted by atomic mass is 17.0. The van der Waals surface area contributed by atoms with Crippen molar-refractivity contribution < 1.29 is 37.8 Å². The third kappa shape index (κ3) is 8.35. The first kappa shape index (κ1) is 22.2. The molecule has 1 aromatic heterocycles. The summed E-state index contributed by atoms with van der Waals surface area (Å²) in [6.07, 6.45) is 0.484. The smallest absolute Gasteiger partial charge is 0.463 e. The van der Waals surface area contributed by atoms with Crippen molar-refractivity contribution in [2.24, 2.45) is 5.73 Å². The van der Waals surface area contributed by atoms with Gasteiger partial charge in [0.2, 0.25) is 0 Å². The van der Waals surface area contributed by atoms with Crippen molar-refractivity contribution in [3.63, 3.8) is 0 Å². The van der Waals surface area contributed by atoms with Crippen LogP contribution in [0.15, 0.2) is 13.6 Å². The van der Waals surface area contributed by atoms with Gasteiger partial charge in [0.15, 0.2) is 18.1 Å². The van der Waals surface area contributed by atoms with Gasteiger partial charge in [0.05, 0.1) is 0 Å². The summed E-state index contributed by atoms with van der Waals surface area (Å²) in [6, 6.07) is -1.21. The van der Waals surface area contributed by atoms with E-state index in [0.29, 0.717) is 19.3 Å². The van der Waals surface area contributed by atoms with Gasteiger partial charge in [0.25, 0.3) is 5.09 Å². The Kier molecular flexibility index (Phi) is 8.99. The fourth-order valence-electron chi connectivity index (χ4n) is 2.00. The largest absolute Gasteiger partial charge is 0.519 e. The molecule has 27 heavy (non-hydrogen) atoms. The van der Waals surface area contributed by atoms with Gasteiger partial charge in [-0.05, 0) is 26.2 Å². The van der Waals surface area contributed by atoms with E-state index in [1.54, 1.807) is 6.92 Å². The summed E-state index contributed by atoms with van der Waals surface area (Å²) in [5.74, 6) is -2.13. The zero-order valence-corrected chi connectivity index (χ0v) is 15.0. The van der Waals surface area contributed by atoms with Crippen LogP contribution in [0.3, 0.4) is 0 Å². The van der Waals surface area contributed by atoms with Gasteiger partial charge in [-0.3, -0.25) is 9.59 Å². The van der Waals surface area contributed by atoms with Gasteiger partial charge < -0.3 is 28.9 Å². The zero-order chi connectivity index (χ0) is 20.4. The molecule has 0 aliphatic carbocycles. The Balaban J connectivity index is 2.25. The Hall–Kier alpha value is -2.89. The number of carbonyl (C=O) groups is 2. The molecule has 2 unspecified atom stereocenters. The number of carbonyl (C=O) groups excluding carboxylic acids is 2. The predicted molar refractivity (Wildman–Crippen MR) is 86.7 cm³/mol. The van der Waals surface area contributed by atoms with Crippen molar-refractivity contribution >= 4 is 11.9 Å². The fraction of sp³-hybridized carbons (Fsp3) is 0.667. The number of aryl methyl sites for hydroxylation is 1. The number of esters is 2. The third-order valence-electron chi connectivity index (χ3n) is 3.51. The van der Waals surface area contributed by atoms with E-state index in [2.05, 4.69) is 13.7 Å². The Morgan fingerprint density at radius 1 is 1.30 bits per heavy atom. The van der Waals surface area contributed by atoms with Gasteiger partial charge in [-0.1, -0.05) is 6.92 Å². The molecule has 0 amide bonds. The zero-order valence-electron chi connectivity index (χ0n) is 15.0. The monoisotopic (exact) mass is 390 g/mol. The van der Waals surface area contributed by atoms with Crippen LogP contribution in [0.2, 0.25) is 0 Å². The average molecular weight is 390 g/mol. The lowest BCUT2D eigenvalue weighted by atomic mass is 10.1. The number of hydrogen-bond donors (Lipinski definition) is 1. The fourth-order valence-corrected chi connectivity index (χ4v) is 2.00. The van der Waals surface area contributed by atoms with Crippen LogP contribution in [-0.2, 0) is 30.5 Å². The van der Waals surface area contributed by atoms with E-state index < -0.39 is 41.6 Å². The Morgan fingerprint density at radius 2 is 2.00 bits per heavy atom. The Morgan fingerprint density at radius 3 is 2.56 bits per heavy atom. The molecule has 0 spiro atoms. The summed E-state index contributed by atoms with van der Waals surface area (Å²) >= 11 is 0. The maximum Gasteiger partial charge on any atom is 0.519 e. The lowest BCUT2D eigenvalue weighted by Gasteiger charge is -2.13. The summed E-state index contributed by atoms with van der Waals surface area (Å²) in [6.45, 7) is 2.46. The van der Waals surface area contributed by atoms with Crippen molar-refractivity contribution in [1.29, 1.82) is 0 Å². The topological polar surface area (TPSA) is 174 Å². The quantitative estimate of drug-likeness (QED) is 0.301. The Labute approximate surface area is 153 Å². The number of nitrogens with two attached hydrogens (primary N) is 1. The Bertz CT molecular complexity index is 695. The predicted octanol–water partition coefficient (Wildman–Crippen LogP) is 0.612. The van der Waals surface area contributed by atoms with Crippen molar-refractivity contribution in [2.75, 3.05) is 6.61 Å².